The second-order valence-electron chi connectivity index (χ2n) is 2.42. The van der Waals surface area contributed by atoms with Crippen LogP contribution in [0.1, 0.15) is 19.5 Å². The van der Waals surface area contributed by atoms with E-state index in [1.54, 1.807) is 0 Å². The third kappa shape index (κ3) is 3.24. The van der Waals surface area contributed by atoms with E-state index in [9.17, 15) is 0 Å². The number of aromatic nitrogens is 1. The number of para-hydroxylation sites is 1. The van der Waals surface area contributed by atoms with Crippen molar-refractivity contribution in [2.45, 2.75) is 20.8 Å². The molecule has 0 amide bonds. The minimum Gasteiger partial charge on any atom is -0.422 e. The van der Waals surface area contributed by atoms with Gasteiger partial charge >= 0.3 is 0 Å². The van der Waals surface area contributed by atoms with E-state index in [1.807, 2.05) is 32.9 Å². The first-order chi connectivity index (χ1) is 5.86. The van der Waals surface area contributed by atoms with Gasteiger partial charge in [-0.2, -0.15) is 17.5 Å². The molecule has 13 heavy (non-hydrogen) atoms. The molecule has 0 aliphatic rings. The number of aryl methyl sites for hydroxylation is 1. The third-order valence-corrected chi connectivity index (χ3v) is 1.57. The van der Waals surface area contributed by atoms with Crippen molar-refractivity contribution >= 4 is 10.9 Å². The Morgan fingerprint density at radius 2 is 1.77 bits per heavy atom. The normalized spacial score (nSPS) is 8.54. The molecule has 67 valence electrons. The van der Waals surface area contributed by atoms with Crippen LogP contribution in [-0.4, -0.2) is 4.98 Å². The summed E-state index contributed by atoms with van der Waals surface area (Å²) in [5.74, 6) is 0. The summed E-state index contributed by atoms with van der Waals surface area (Å²) in [4.78, 5) is 3.20. The molecule has 0 spiro atoms. The summed E-state index contributed by atoms with van der Waals surface area (Å²) in [6, 6.07) is 11.4. The number of benzene rings is 1. The summed E-state index contributed by atoms with van der Waals surface area (Å²) in [6.45, 7) is 6.01. The van der Waals surface area contributed by atoms with Gasteiger partial charge in [0.2, 0.25) is 0 Å². The Morgan fingerprint density at radius 1 is 1.15 bits per heavy atom. The molecule has 0 aliphatic carbocycles. The van der Waals surface area contributed by atoms with E-state index >= 15 is 0 Å². The average Bonchev–Trinajstić information content (AvgIpc) is 2.48. The standard InChI is InChI=1S/C9H8N.C2H6.Y/c1-7-6-8-4-2-3-5-9(8)10-7;1-2;/h2-5,10H,1H3;1-2H3;/q-1;;. The van der Waals surface area contributed by atoms with Crippen LogP contribution in [0.25, 0.3) is 10.9 Å². The second kappa shape index (κ2) is 6.34. The molecular formula is C11H14NY-. The van der Waals surface area contributed by atoms with E-state index < -0.39 is 0 Å². The molecule has 0 bridgehead atoms. The van der Waals surface area contributed by atoms with Crippen molar-refractivity contribution in [3.63, 3.8) is 0 Å². The van der Waals surface area contributed by atoms with Crippen molar-refractivity contribution in [2.24, 2.45) is 0 Å². The van der Waals surface area contributed by atoms with Crippen LogP contribution in [0.3, 0.4) is 0 Å². The average molecular weight is 249 g/mol. The second-order valence-corrected chi connectivity index (χ2v) is 2.42. The molecule has 0 atom stereocenters. The van der Waals surface area contributed by atoms with Crippen LogP contribution >= 0.6 is 0 Å². The monoisotopic (exact) mass is 249 g/mol. The summed E-state index contributed by atoms with van der Waals surface area (Å²) < 4.78 is 0. The Hall–Kier alpha value is -0.136. The van der Waals surface area contributed by atoms with Gasteiger partial charge in [0, 0.05) is 32.7 Å². The molecule has 0 fully saturated rings. The molecule has 1 aromatic carbocycles. The van der Waals surface area contributed by atoms with Crippen LogP contribution in [0.4, 0.5) is 0 Å². The van der Waals surface area contributed by atoms with Crippen LogP contribution in [-0.2, 0) is 32.7 Å². The van der Waals surface area contributed by atoms with E-state index in [2.05, 4.69) is 23.2 Å². The summed E-state index contributed by atoms with van der Waals surface area (Å²) >= 11 is 0. The Kier molecular flexibility index (Phi) is 6.27. The Morgan fingerprint density at radius 3 is 2.38 bits per heavy atom. The van der Waals surface area contributed by atoms with Crippen LogP contribution in [0, 0.1) is 13.0 Å². The molecule has 2 aromatic rings. The molecule has 0 saturated carbocycles. The molecule has 2 rings (SSSR count). The molecule has 0 aliphatic heterocycles. The van der Waals surface area contributed by atoms with Crippen LogP contribution in [0.2, 0.25) is 0 Å². The van der Waals surface area contributed by atoms with Gasteiger partial charge in [0.1, 0.15) is 0 Å². The fourth-order valence-electron chi connectivity index (χ4n) is 1.14. The smallest absolute Gasteiger partial charge is 0 e. The van der Waals surface area contributed by atoms with Gasteiger partial charge in [-0.05, 0) is 6.92 Å². The number of hydrogen-bond donors (Lipinski definition) is 1. The maximum Gasteiger partial charge on any atom is 0 e. The molecule has 0 unspecified atom stereocenters. The fraction of sp³-hybridized carbons (Fsp3) is 0.273. The van der Waals surface area contributed by atoms with E-state index in [4.69, 9.17) is 0 Å². The summed E-state index contributed by atoms with van der Waals surface area (Å²) in [6.07, 6.45) is 0. The molecule has 1 aromatic heterocycles. The third-order valence-electron chi connectivity index (χ3n) is 1.57. The maximum absolute atomic E-state index is 3.20. The van der Waals surface area contributed by atoms with Crippen LogP contribution < -0.4 is 0 Å². The van der Waals surface area contributed by atoms with E-state index in [0.717, 1.165) is 5.69 Å². The molecule has 1 nitrogen and oxygen atoms in total. The van der Waals surface area contributed by atoms with Crippen LogP contribution in [0.15, 0.2) is 24.3 Å². The Labute approximate surface area is 105 Å². The Bertz CT molecular complexity index is 319. The van der Waals surface area contributed by atoms with Gasteiger partial charge in [-0.15, -0.1) is 6.07 Å². The molecule has 1 radical (unpaired) electrons. The molecule has 2 heteroatoms. The minimum atomic E-state index is 0. The topological polar surface area (TPSA) is 15.8 Å². The zero-order valence-corrected chi connectivity index (χ0v) is 11.2. The molecule has 0 saturated heterocycles. The predicted octanol–water partition coefficient (Wildman–Crippen LogP) is 3.30. The first kappa shape index (κ1) is 12.9. The summed E-state index contributed by atoms with van der Waals surface area (Å²) in [5.41, 5.74) is 2.27. The first-order valence-electron chi connectivity index (χ1n) is 4.33. The number of fused-ring (bicyclic) bond motifs is 1. The van der Waals surface area contributed by atoms with Gasteiger partial charge in [-0.25, -0.2) is 0 Å². The van der Waals surface area contributed by atoms with Crippen LogP contribution in [0.5, 0.6) is 0 Å². The van der Waals surface area contributed by atoms with Gasteiger partial charge in [0.15, 0.2) is 0 Å². The SMILES string of the molecule is CC.Cc1[c-]c2ccccc2[nH]1.[Y]. The van der Waals surface area contributed by atoms with Crippen molar-refractivity contribution < 1.29 is 32.7 Å². The van der Waals surface area contributed by atoms with Crippen molar-refractivity contribution in [3.05, 3.63) is 36.0 Å². The zero-order valence-electron chi connectivity index (χ0n) is 8.39. The van der Waals surface area contributed by atoms with Crippen molar-refractivity contribution in [1.82, 2.24) is 4.98 Å². The fourth-order valence-corrected chi connectivity index (χ4v) is 1.14. The van der Waals surface area contributed by atoms with Gasteiger partial charge in [0.25, 0.3) is 0 Å². The largest absolute Gasteiger partial charge is 0.422 e. The Balaban J connectivity index is 0.000000451. The number of nitrogens with one attached hydrogen (secondary N) is 1. The minimum absolute atomic E-state index is 0. The van der Waals surface area contributed by atoms with E-state index in [0.29, 0.717) is 0 Å². The quantitative estimate of drug-likeness (QED) is 0.689. The summed E-state index contributed by atoms with van der Waals surface area (Å²) in [5, 5.41) is 1.17. The molecule has 1 heterocycles. The number of hydrogen-bond acceptors (Lipinski definition) is 0. The number of rotatable bonds is 0. The van der Waals surface area contributed by atoms with Crippen molar-refractivity contribution in [1.29, 1.82) is 0 Å². The van der Waals surface area contributed by atoms with Crippen molar-refractivity contribution in [3.8, 4) is 0 Å². The molecular weight excluding hydrogens is 235 g/mol. The van der Waals surface area contributed by atoms with E-state index in [1.165, 1.54) is 10.9 Å². The predicted molar refractivity (Wildman–Crippen MR) is 53.2 cm³/mol. The van der Waals surface area contributed by atoms with Gasteiger partial charge < -0.3 is 4.98 Å². The van der Waals surface area contributed by atoms with Gasteiger partial charge in [-0.3, -0.25) is 0 Å². The van der Waals surface area contributed by atoms with Crippen molar-refractivity contribution in [2.75, 3.05) is 0 Å². The van der Waals surface area contributed by atoms with Gasteiger partial charge in [-0.1, -0.05) is 37.2 Å². The first-order valence-corrected chi connectivity index (χ1v) is 4.33. The summed E-state index contributed by atoms with van der Waals surface area (Å²) in [7, 11) is 0. The van der Waals surface area contributed by atoms with E-state index in [-0.39, 0.29) is 32.7 Å². The number of H-pyrrole nitrogens is 1. The molecule has 1 N–H and O–H groups in total. The maximum atomic E-state index is 3.20. The van der Waals surface area contributed by atoms with Gasteiger partial charge in [0.05, 0.1) is 0 Å². The zero-order chi connectivity index (χ0) is 8.97. The number of aromatic amines is 1.